The molecule has 0 unspecified atom stereocenters. The summed E-state index contributed by atoms with van der Waals surface area (Å²) >= 11 is 5.74. The number of amides is 1. The van der Waals surface area contributed by atoms with Gasteiger partial charge in [-0.25, -0.2) is 14.2 Å². The van der Waals surface area contributed by atoms with Crippen LogP contribution in [-0.2, 0) is 20.8 Å². The van der Waals surface area contributed by atoms with Gasteiger partial charge in [-0.3, -0.25) is 4.79 Å². The van der Waals surface area contributed by atoms with E-state index in [4.69, 9.17) is 25.8 Å². The van der Waals surface area contributed by atoms with Crippen molar-refractivity contribution in [3.05, 3.63) is 46.9 Å². The summed E-state index contributed by atoms with van der Waals surface area (Å²) in [5, 5.41) is 15.4. The molecule has 2 aromatic heterocycles. The Morgan fingerprint density at radius 1 is 1.10 bits per heavy atom. The molecule has 0 spiro atoms. The minimum Gasteiger partial charge on any atom is -0.460 e. The summed E-state index contributed by atoms with van der Waals surface area (Å²) in [5.41, 5.74) is -0.0163. The van der Waals surface area contributed by atoms with Crippen molar-refractivity contribution >= 4 is 23.7 Å². The molecule has 3 rings (SSSR count). The first-order chi connectivity index (χ1) is 18.1. The molecule has 39 heavy (non-hydrogen) atoms. The number of alkyl carbamates (subject to hydrolysis) is 1. The van der Waals surface area contributed by atoms with E-state index in [1.165, 1.54) is 11.0 Å². The molecule has 0 bridgehead atoms. The number of rotatable bonds is 8. The maximum absolute atomic E-state index is 14.0. The van der Waals surface area contributed by atoms with Crippen molar-refractivity contribution in [2.45, 2.75) is 78.7 Å². The summed E-state index contributed by atoms with van der Waals surface area (Å²) in [7, 11) is 0. The van der Waals surface area contributed by atoms with Gasteiger partial charge in [0, 0.05) is 11.8 Å². The molecule has 1 aromatic carbocycles. The molecule has 0 radical (unpaired) electrons. The first kappa shape index (κ1) is 29.8. The summed E-state index contributed by atoms with van der Waals surface area (Å²) in [6.07, 6.45) is 0.472. The zero-order valence-corrected chi connectivity index (χ0v) is 23.7. The molecule has 210 valence electrons. The highest BCUT2D eigenvalue weighted by Gasteiger charge is 2.25. The maximum atomic E-state index is 14.0. The molecule has 1 N–H and O–H groups in total. The van der Waals surface area contributed by atoms with E-state index in [0.717, 1.165) is 11.6 Å². The van der Waals surface area contributed by atoms with E-state index in [9.17, 15) is 14.0 Å². The zero-order chi connectivity index (χ0) is 29.0. The van der Waals surface area contributed by atoms with Crippen LogP contribution in [-0.4, -0.2) is 54.5 Å². The fourth-order valence-electron chi connectivity index (χ4n) is 3.38. The number of nitrogens with zero attached hydrogens (tertiary/aromatic N) is 5. The Kier molecular flexibility index (Phi) is 9.10. The lowest BCUT2D eigenvalue weighted by Crippen LogP contribution is -2.43. The number of hydrogen-bond acceptors (Lipinski definition) is 9. The largest absolute Gasteiger partial charge is 0.460 e. The highest BCUT2D eigenvalue weighted by Crippen LogP contribution is 2.28. The van der Waals surface area contributed by atoms with Gasteiger partial charge in [0.2, 0.25) is 5.82 Å². The lowest BCUT2D eigenvalue weighted by Gasteiger charge is -2.24. The molecule has 0 aliphatic rings. The number of hydrogen-bond donors (Lipinski definition) is 1. The first-order valence-corrected chi connectivity index (χ1v) is 12.5. The number of aromatic nitrogens is 5. The van der Waals surface area contributed by atoms with Gasteiger partial charge in [-0.1, -0.05) is 11.6 Å². The molecule has 0 aliphatic carbocycles. The molecule has 1 atom stereocenters. The van der Waals surface area contributed by atoms with Crippen LogP contribution in [0.5, 0.6) is 11.6 Å². The molecule has 0 aliphatic heterocycles. The van der Waals surface area contributed by atoms with Crippen molar-refractivity contribution in [3.63, 3.8) is 0 Å². The van der Waals surface area contributed by atoms with Crippen molar-refractivity contribution < 1.29 is 28.2 Å². The SMILES string of the molecule is Cc1cc(Oc2ncc(Cl)cc2F)ccc1-c1nnn(C[C@H](CC(=O)OC(C)(C)C)NC(=O)OC(C)(C)C)n1. The van der Waals surface area contributed by atoms with Crippen LogP contribution in [0.1, 0.15) is 53.5 Å². The van der Waals surface area contributed by atoms with Crippen LogP contribution in [0.15, 0.2) is 30.5 Å². The molecular weight excluding hydrogens is 531 g/mol. The predicted octanol–water partition coefficient (Wildman–Crippen LogP) is 5.25. The Hall–Kier alpha value is -3.80. The number of tetrazole rings is 1. The molecule has 1 amide bonds. The average molecular weight is 563 g/mol. The van der Waals surface area contributed by atoms with E-state index in [0.29, 0.717) is 17.1 Å². The molecule has 0 saturated carbocycles. The van der Waals surface area contributed by atoms with Crippen LogP contribution in [0.4, 0.5) is 9.18 Å². The lowest BCUT2D eigenvalue weighted by atomic mass is 10.1. The second-order valence-electron chi connectivity index (χ2n) is 10.8. The van der Waals surface area contributed by atoms with Gasteiger partial charge in [-0.2, -0.15) is 4.80 Å². The van der Waals surface area contributed by atoms with E-state index in [2.05, 4.69) is 25.7 Å². The number of benzene rings is 1. The number of pyridine rings is 1. The van der Waals surface area contributed by atoms with Crippen molar-refractivity contribution in [3.8, 4) is 23.0 Å². The van der Waals surface area contributed by atoms with Gasteiger partial charge < -0.3 is 19.5 Å². The third-order valence-electron chi connectivity index (χ3n) is 4.82. The molecule has 3 aromatic rings. The number of carbonyl (C=O) groups excluding carboxylic acids is 2. The molecule has 2 heterocycles. The minimum absolute atomic E-state index is 0.0350. The number of aryl methyl sites for hydroxylation is 1. The fourth-order valence-corrected chi connectivity index (χ4v) is 3.53. The monoisotopic (exact) mass is 562 g/mol. The molecule has 13 heteroatoms. The highest BCUT2D eigenvalue weighted by molar-refractivity contribution is 6.30. The van der Waals surface area contributed by atoms with Gasteiger partial charge in [-0.05, 0) is 83.5 Å². The predicted molar refractivity (Wildman–Crippen MR) is 141 cm³/mol. The maximum Gasteiger partial charge on any atom is 0.407 e. The molecule has 11 nitrogen and oxygen atoms in total. The molecule has 0 saturated heterocycles. The number of carbonyl (C=O) groups is 2. The van der Waals surface area contributed by atoms with Gasteiger partial charge in [0.25, 0.3) is 5.88 Å². The van der Waals surface area contributed by atoms with Crippen molar-refractivity contribution in [2.75, 3.05) is 0 Å². The van der Waals surface area contributed by atoms with E-state index >= 15 is 0 Å². The van der Waals surface area contributed by atoms with Crippen LogP contribution in [0, 0.1) is 12.7 Å². The number of nitrogens with one attached hydrogen (secondary N) is 1. The fraction of sp³-hybridized carbons (Fsp3) is 0.462. The summed E-state index contributed by atoms with van der Waals surface area (Å²) < 4.78 is 30.3. The van der Waals surface area contributed by atoms with Crippen LogP contribution < -0.4 is 10.1 Å². The summed E-state index contributed by atoms with van der Waals surface area (Å²) in [6.45, 7) is 12.3. The van der Waals surface area contributed by atoms with E-state index in [-0.39, 0.29) is 23.9 Å². The summed E-state index contributed by atoms with van der Waals surface area (Å²) in [4.78, 5) is 30.0. The van der Waals surface area contributed by atoms with Crippen LogP contribution in [0.25, 0.3) is 11.4 Å². The Morgan fingerprint density at radius 2 is 1.79 bits per heavy atom. The average Bonchev–Trinajstić information content (AvgIpc) is 3.21. The third kappa shape index (κ3) is 9.47. The Bertz CT molecular complexity index is 1310. The van der Waals surface area contributed by atoms with E-state index < -0.39 is 35.1 Å². The molecule has 0 fully saturated rings. The summed E-state index contributed by atoms with van der Waals surface area (Å²) in [6, 6.07) is 5.39. The van der Waals surface area contributed by atoms with Gasteiger partial charge in [0.15, 0.2) is 5.82 Å². The van der Waals surface area contributed by atoms with Crippen LogP contribution in [0.3, 0.4) is 0 Å². The van der Waals surface area contributed by atoms with Gasteiger partial charge >= 0.3 is 12.1 Å². The van der Waals surface area contributed by atoms with Gasteiger partial charge in [0.05, 0.1) is 24.0 Å². The number of esters is 1. The van der Waals surface area contributed by atoms with Gasteiger partial charge in [0.1, 0.15) is 17.0 Å². The van der Waals surface area contributed by atoms with E-state index in [1.807, 2.05) is 6.92 Å². The standard InChI is InChI=1S/C26H32ClFN6O5/c1-15-10-18(37-23-20(28)11-16(27)13-29-23)8-9-19(15)22-31-33-34(32-22)14-17(12-21(35)38-25(2,3)4)30-24(36)39-26(5,6)7/h8-11,13,17H,12,14H2,1-7H3,(H,30,36)/t17-/m0/s1. The van der Waals surface area contributed by atoms with Crippen LogP contribution in [0.2, 0.25) is 5.02 Å². The quantitative estimate of drug-likeness (QED) is 0.365. The third-order valence-corrected chi connectivity index (χ3v) is 5.02. The normalized spacial score (nSPS) is 12.5. The van der Waals surface area contributed by atoms with Crippen molar-refractivity contribution in [1.82, 2.24) is 30.5 Å². The molecular formula is C26H32ClFN6O5. The number of halogens is 2. The Morgan fingerprint density at radius 3 is 2.41 bits per heavy atom. The lowest BCUT2D eigenvalue weighted by molar-refractivity contribution is -0.155. The van der Waals surface area contributed by atoms with Crippen molar-refractivity contribution in [1.29, 1.82) is 0 Å². The second-order valence-corrected chi connectivity index (χ2v) is 11.3. The number of ether oxygens (including phenoxy) is 3. The minimum atomic E-state index is -0.726. The van der Waals surface area contributed by atoms with Crippen molar-refractivity contribution in [2.24, 2.45) is 0 Å². The van der Waals surface area contributed by atoms with E-state index in [1.54, 1.807) is 59.7 Å². The van der Waals surface area contributed by atoms with Crippen LogP contribution >= 0.6 is 11.6 Å². The summed E-state index contributed by atoms with van der Waals surface area (Å²) in [5.74, 6) is -0.722. The Balaban J connectivity index is 1.75. The smallest absolute Gasteiger partial charge is 0.407 e. The second kappa shape index (κ2) is 11.9. The van der Waals surface area contributed by atoms with Gasteiger partial charge in [-0.15, -0.1) is 10.2 Å². The Labute approximate surface area is 231 Å². The topological polar surface area (TPSA) is 130 Å². The zero-order valence-electron chi connectivity index (χ0n) is 22.9. The first-order valence-electron chi connectivity index (χ1n) is 12.2. The highest BCUT2D eigenvalue weighted by atomic mass is 35.5.